The first kappa shape index (κ1) is 11.9. The zero-order valence-corrected chi connectivity index (χ0v) is 10.7. The van der Waals surface area contributed by atoms with E-state index in [1.54, 1.807) is 0 Å². The van der Waals surface area contributed by atoms with Crippen LogP contribution in [-0.2, 0) is 9.47 Å². The smallest absolute Gasteiger partial charge is 0.0604 e. The van der Waals surface area contributed by atoms with Crippen molar-refractivity contribution in [1.29, 1.82) is 0 Å². The number of rotatable bonds is 5. The minimum Gasteiger partial charge on any atom is -0.378 e. The highest BCUT2D eigenvalue weighted by Crippen LogP contribution is 2.28. The number of nitrogens with one attached hydrogen (secondary N) is 1. The van der Waals surface area contributed by atoms with E-state index in [1.165, 1.54) is 51.4 Å². The van der Waals surface area contributed by atoms with Gasteiger partial charge in [-0.1, -0.05) is 0 Å². The molecule has 0 spiro atoms. The zero-order valence-electron chi connectivity index (χ0n) is 10.7. The van der Waals surface area contributed by atoms with Gasteiger partial charge in [0.05, 0.1) is 12.2 Å². The molecule has 3 aliphatic rings. The van der Waals surface area contributed by atoms with E-state index in [2.05, 4.69) is 5.32 Å². The van der Waals surface area contributed by atoms with Gasteiger partial charge in [-0.2, -0.15) is 0 Å². The first-order valence-corrected chi connectivity index (χ1v) is 7.39. The molecule has 0 aliphatic carbocycles. The van der Waals surface area contributed by atoms with Gasteiger partial charge in [-0.05, 0) is 51.4 Å². The standard InChI is InChI=1S/C14H25NO2/c1-3-13(16-7-1)4-2-8-17-14-9-11-5-6-12(10-14)15-11/h11-15H,1-10H2. The van der Waals surface area contributed by atoms with Crippen LogP contribution >= 0.6 is 0 Å². The van der Waals surface area contributed by atoms with Crippen molar-refractivity contribution in [3.8, 4) is 0 Å². The average Bonchev–Trinajstić information content (AvgIpc) is 2.95. The summed E-state index contributed by atoms with van der Waals surface area (Å²) in [6, 6.07) is 1.49. The monoisotopic (exact) mass is 239 g/mol. The van der Waals surface area contributed by atoms with Crippen molar-refractivity contribution in [3.05, 3.63) is 0 Å². The Morgan fingerprint density at radius 3 is 2.65 bits per heavy atom. The van der Waals surface area contributed by atoms with Crippen LogP contribution in [0.25, 0.3) is 0 Å². The average molecular weight is 239 g/mol. The summed E-state index contributed by atoms with van der Waals surface area (Å²) in [5, 5.41) is 3.66. The van der Waals surface area contributed by atoms with Gasteiger partial charge in [0.2, 0.25) is 0 Å². The molecule has 3 saturated heterocycles. The molecule has 3 aliphatic heterocycles. The summed E-state index contributed by atoms with van der Waals surface area (Å²) in [5.74, 6) is 0. The summed E-state index contributed by atoms with van der Waals surface area (Å²) >= 11 is 0. The normalized spacial score (nSPS) is 40.9. The highest BCUT2D eigenvalue weighted by atomic mass is 16.5. The second kappa shape index (κ2) is 5.68. The molecular weight excluding hydrogens is 214 g/mol. The van der Waals surface area contributed by atoms with E-state index in [0.29, 0.717) is 12.2 Å². The van der Waals surface area contributed by atoms with E-state index >= 15 is 0 Å². The maximum Gasteiger partial charge on any atom is 0.0604 e. The molecule has 1 N–H and O–H groups in total. The summed E-state index contributed by atoms with van der Waals surface area (Å²) in [5.41, 5.74) is 0. The topological polar surface area (TPSA) is 30.5 Å². The van der Waals surface area contributed by atoms with Gasteiger partial charge in [0, 0.05) is 25.3 Å². The molecule has 0 aromatic carbocycles. The van der Waals surface area contributed by atoms with Crippen molar-refractivity contribution in [2.75, 3.05) is 13.2 Å². The molecule has 3 heterocycles. The number of fused-ring (bicyclic) bond motifs is 2. The molecule has 3 nitrogen and oxygen atoms in total. The van der Waals surface area contributed by atoms with Crippen molar-refractivity contribution < 1.29 is 9.47 Å². The maximum absolute atomic E-state index is 6.03. The lowest BCUT2D eigenvalue weighted by Crippen LogP contribution is -2.41. The Bertz CT molecular complexity index is 228. The Morgan fingerprint density at radius 2 is 1.94 bits per heavy atom. The summed E-state index contributed by atoms with van der Waals surface area (Å²) in [4.78, 5) is 0. The predicted molar refractivity (Wildman–Crippen MR) is 67.1 cm³/mol. The molecule has 3 unspecified atom stereocenters. The minimum atomic E-state index is 0.526. The molecule has 2 bridgehead atoms. The van der Waals surface area contributed by atoms with E-state index in [1.807, 2.05) is 0 Å². The lowest BCUT2D eigenvalue weighted by Gasteiger charge is -2.29. The predicted octanol–water partition coefficient (Wildman–Crippen LogP) is 2.25. The largest absolute Gasteiger partial charge is 0.378 e. The molecule has 3 heteroatoms. The lowest BCUT2D eigenvalue weighted by atomic mass is 10.0. The van der Waals surface area contributed by atoms with Gasteiger partial charge in [0.1, 0.15) is 0 Å². The summed E-state index contributed by atoms with van der Waals surface area (Å²) in [7, 11) is 0. The molecule has 3 fully saturated rings. The first-order valence-electron chi connectivity index (χ1n) is 7.39. The Morgan fingerprint density at radius 1 is 1.12 bits per heavy atom. The molecule has 0 amide bonds. The van der Waals surface area contributed by atoms with Crippen LogP contribution in [0.1, 0.15) is 51.4 Å². The van der Waals surface area contributed by atoms with E-state index < -0.39 is 0 Å². The van der Waals surface area contributed by atoms with Crippen molar-refractivity contribution in [2.24, 2.45) is 0 Å². The van der Waals surface area contributed by atoms with Crippen LogP contribution in [0.3, 0.4) is 0 Å². The first-order chi connectivity index (χ1) is 8.40. The van der Waals surface area contributed by atoms with Crippen LogP contribution in [0.15, 0.2) is 0 Å². The second-order valence-electron chi connectivity index (χ2n) is 5.88. The quantitative estimate of drug-likeness (QED) is 0.746. The van der Waals surface area contributed by atoms with Crippen molar-refractivity contribution in [3.63, 3.8) is 0 Å². The van der Waals surface area contributed by atoms with Crippen LogP contribution in [0, 0.1) is 0 Å². The van der Waals surface area contributed by atoms with Gasteiger partial charge in [0.15, 0.2) is 0 Å². The third-order valence-electron chi connectivity index (χ3n) is 4.48. The van der Waals surface area contributed by atoms with Gasteiger partial charge in [-0.15, -0.1) is 0 Å². The summed E-state index contributed by atoms with van der Waals surface area (Å²) in [6.07, 6.45) is 11.1. The van der Waals surface area contributed by atoms with Crippen molar-refractivity contribution in [2.45, 2.75) is 75.7 Å². The van der Waals surface area contributed by atoms with Gasteiger partial charge in [-0.25, -0.2) is 0 Å². The molecular formula is C14H25NO2. The number of piperidine rings is 1. The van der Waals surface area contributed by atoms with Crippen molar-refractivity contribution >= 4 is 0 Å². The zero-order chi connectivity index (χ0) is 11.5. The van der Waals surface area contributed by atoms with Gasteiger partial charge in [-0.3, -0.25) is 0 Å². The summed E-state index contributed by atoms with van der Waals surface area (Å²) in [6.45, 7) is 1.91. The minimum absolute atomic E-state index is 0.526. The number of ether oxygens (including phenoxy) is 2. The molecule has 98 valence electrons. The van der Waals surface area contributed by atoms with Crippen LogP contribution in [0.4, 0.5) is 0 Å². The molecule has 0 saturated carbocycles. The van der Waals surface area contributed by atoms with Crippen molar-refractivity contribution in [1.82, 2.24) is 5.32 Å². The molecule has 3 rings (SSSR count). The van der Waals surface area contributed by atoms with Gasteiger partial charge < -0.3 is 14.8 Å². The fraction of sp³-hybridized carbons (Fsp3) is 1.00. The second-order valence-corrected chi connectivity index (χ2v) is 5.88. The Kier molecular flexibility index (Phi) is 3.99. The third kappa shape index (κ3) is 3.21. The van der Waals surface area contributed by atoms with Crippen LogP contribution in [-0.4, -0.2) is 37.5 Å². The highest BCUT2D eigenvalue weighted by molar-refractivity contribution is 4.92. The SMILES string of the molecule is C1COC(CCCOC2CC3CCC(C2)N3)C1. The third-order valence-corrected chi connectivity index (χ3v) is 4.48. The van der Waals surface area contributed by atoms with Crippen LogP contribution in [0.2, 0.25) is 0 Å². The fourth-order valence-electron chi connectivity index (χ4n) is 3.57. The van der Waals surface area contributed by atoms with Crippen LogP contribution < -0.4 is 5.32 Å². The molecule has 0 aromatic rings. The van der Waals surface area contributed by atoms with E-state index in [-0.39, 0.29) is 0 Å². The number of hydrogen-bond donors (Lipinski definition) is 1. The van der Waals surface area contributed by atoms with E-state index in [0.717, 1.165) is 25.3 Å². The maximum atomic E-state index is 6.03. The van der Waals surface area contributed by atoms with E-state index in [9.17, 15) is 0 Å². The number of hydrogen-bond acceptors (Lipinski definition) is 3. The molecule has 0 aromatic heterocycles. The lowest BCUT2D eigenvalue weighted by molar-refractivity contribution is 0.0119. The molecule has 3 atom stereocenters. The Labute approximate surface area is 104 Å². The van der Waals surface area contributed by atoms with E-state index in [4.69, 9.17) is 9.47 Å². The van der Waals surface area contributed by atoms with Crippen LogP contribution in [0.5, 0.6) is 0 Å². The Balaban J connectivity index is 1.29. The molecule has 0 radical (unpaired) electrons. The molecule has 17 heavy (non-hydrogen) atoms. The van der Waals surface area contributed by atoms with Gasteiger partial charge in [0.25, 0.3) is 0 Å². The summed E-state index contributed by atoms with van der Waals surface area (Å²) < 4.78 is 11.7. The fourth-order valence-corrected chi connectivity index (χ4v) is 3.57. The highest BCUT2D eigenvalue weighted by Gasteiger charge is 2.33. The Hall–Kier alpha value is -0.120. The van der Waals surface area contributed by atoms with Gasteiger partial charge >= 0.3 is 0 Å².